The van der Waals surface area contributed by atoms with Crippen LogP contribution in [0.2, 0.25) is 0 Å². The molecule has 0 unspecified atom stereocenters. The summed E-state index contributed by atoms with van der Waals surface area (Å²) >= 11 is 0. The molecular formula is C18H28ClN3O. The predicted octanol–water partition coefficient (Wildman–Crippen LogP) is 1.55. The first-order valence-electron chi connectivity index (χ1n) is 8.62. The van der Waals surface area contributed by atoms with E-state index in [4.69, 9.17) is 0 Å². The molecule has 0 atom stereocenters. The Morgan fingerprint density at radius 2 is 1.87 bits per heavy atom. The van der Waals surface area contributed by atoms with Crippen LogP contribution in [-0.4, -0.2) is 50.1 Å². The highest BCUT2D eigenvalue weighted by molar-refractivity contribution is 5.85. The molecule has 5 heteroatoms. The molecule has 2 aliphatic rings. The van der Waals surface area contributed by atoms with Crippen molar-refractivity contribution in [3.05, 3.63) is 34.9 Å². The number of nitrogens with zero attached hydrogens (tertiary/aromatic N) is 1. The Bertz CT molecular complexity index is 515. The monoisotopic (exact) mass is 337 g/mol. The van der Waals surface area contributed by atoms with Gasteiger partial charge in [0.25, 0.3) is 0 Å². The average molecular weight is 338 g/mol. The quantitative estimate of drug-likeness (QED) is 0.857. The molecule has 128 valence electrons. The molecule has 1 aromatic rings. The Kier molecular flexibility index (Phi) is 7.34. The van der Waals surface area contributed by atoms with Gasteiger partial charge in [0, 0.05) is 39.3 Å². The van der Waals surface area contributed by atoms with Crippen molar-refractivity contribution in [1.82, 2.24) is 15.5 Å². The molecule has 1 aliphatic carbocycles. The number of aryl methyl sites for hydroxylation is 2. The molecule has 0 aromatic heterocycles. The second-order valence-electron chi connectivity index (χ2n) is 6.43. The summed E-state index contributed by atoms with van der Waals surface area (Å²) in [4.78, 5) is 14.5. The van der Waals surface area contributed by atoms with Gasteiger partial charge in [-0.3, -0.25) is 9.69 Å². The van der Waals surface area contributed by atoms with Crippen LogP contribution in [0.4, 0.5) is 0 Å². The zero-order valence-electron chi connectivity index (χ0n) is 13.8. The lowest BCUT2D eigenvalue weighted by atomic mass is 9.90. The van der Waals surface area contributed by atoms with Crippen molar-refractivity contribution >= 4 is 18.3 Å². The molecule has 1 heterocycles. The van der Waals surface area contributed by atoms with E-state index in [0.29, 0.717) is 6.42 Å². The largest absolute Gasteiger partial charge is 0.355 e. The molecule has 1 saturated heterocycles. The number of hydrogen-bond acceptors (Lipinski definition) is 3. The lowest BCUT2D eigenvalue weighted by Crippen LogP contribution is -2.46. The maximum absolute atomic E-state index is 12.1. The lowest BCUT2D eigenvalue weighted by Gasteiger charge is -2.27. The Labute approximate surface area is 145 Å². The van der Waals surface area contributed by atoms with E-state index < -0.39 is 0 Å². The van der Waals surface area contributed by atoms with Gasteiger partial charge in [-0.15, -0.1) is 12.4 Å². The van der Waals surface area contributed by atoms with Crippen molar-refractivity contribution in [2.75, 3.05) is 39.3 Å². The van der Waals surface area contributed by atoms with E-state index in [1.807, 2.05) is 0 Å². The van der Waals surface area contributed by atoms with Crippen LogP contribution in [0.25, 0.3) is 0 Å². The summed E-state index contributed by atoms with van der Waals surface area (Å²) in [6.07, 6.45) is 5.47. The molecular weight excluding hydrogens is 310 g/mol. The van der Waals surface area contributed by atoms with Crippen LogP contribution in [0.1, 0.15) is 29.5 Å². The van der Waals surface area contributed by atoms with E-state index >= 15 is 0 Å². The zero-order chi connectivity index (χ0) is 15.2. The Morgan fingerprint density at radius 3 is 2.65 bits per heavy atom. The SMILES string of the molecule is Cl.O=C(Cc1ccc2c(c1)CCCC2)NCCN1CCNCC1. The molecule has 4 nitrogen and oxygen atoms in total. The third-order valence-electron chi connectivity index (χ3n) is 4.74. The average Bonchev–Trinajstić information content (AvgIpc) is 2.56. The third-order valence-corrected chi connectivity index (χ3v) is 4.74. The number of halogens is 1. The van der Waals surface area contributed by atoms with Crippen LogP contribution < -0.4 is 10.6 Å². The van der Waals surface area contributed by atoms with E-state index in [1.165, 1.54) is 36.8 Å². The van der Waals surface area contributed by atoms with Gasteiger partial charge in [0.05, 0.1) is 6.42 Å². The van der Waals surface area contributed by atoms with Crippen molar-refractivity contribution in [3.63, 3.8) is 0 Å². The second kappa shape index (κ2) is 9.26. The highest BCUT2D eigenvalue weighted by Gasteiger charge is 2.12. The number of carbonyl (C=O) groups excluding carboxylic acids is 1. The molecule has 0 radical (unpaired) electrons. The number of piperazine rings is 1. The lowest BCUT2D eigenvalue weighted by molar-refractivity contribution is -0.120. The molecule has 1 fully saturated rings. The molecule has 0 spiro atoms. The van der Waals surface area contributed by atoms with Crippen molar-refractivity contribution in [1.29, 1.82) is 0 Å². The fourth-order valence-electron chi connectivity index (χ4n) is 3.43. The van der Waals surface area contributed by atoms with E-state index in [1.54, 1.807) is 0 Å². The highest BCUT2D eigenvalue weighted by atomic mass is 35.5. The topological polar surface area (TPSA) is 44.4 Å². The number of fused-ring (bicyclic) bond motifs is 1. The molecule has 3 rings (SSSR count). The van der Waals surface area contributed by atoms with Gasteiger partial charge >= 0.3 is 0 Å². The van der Waals surface area contributed by atoms with Crippen LogP contribution in [0.3, 0.4) is 0 Å². The van der Waals surface area contributed by atoms with Crippen LogP contribution in [0.5, 0.6) is 0 Å². The first-order valence-corrected chi connectivity index (χ1v) is 8.62. The first kappa shape index (κ1) is 18.2. The maximum Gasteiger partial charge on any atom is 0.224 e. The number of amides is 1. The Balaban J connectivity index is 0.00000192. The zero-order valence-corrected chi connectivity index (χ0v) is 14.6. The van der Waals surface area contributed by atoms with Gasteiger partial charge in [0.2, 0.25) is 5.91 Å². The summed E-state index contributed by atoms with van der Waals surface area (Å²) in [5, 5.41) is 6.40. The summed E-state index contributed by atoms with van der Waals surface area (Å²) in [5.74, 6) is 0.144. The standard InChI is InChI=1S/C18H27N3O.ClH/c22-18(20-9-12-21-10-7-19-8-11-21)14-15-5-6-16-3-1-2-4-17(16)13-15;/h5-6,13,19H,1-4,7-12,14H2,(H,20,22);1H. The Morgan fingerprint density at radius 1 is 1.13 bits per heavy atom. The van der Waals surface area contributed by atoms with Gasteiger partial charge in [-0.25, -0.2) is 0 Å². The third kappa shape index (κ3) is 5.48. The summed E-state index contributed by atoms with van der Waals surface area (Å²) < 4.78 is 0. The minimum Gasteiger partial charge on any atom is -0.355 e. The van der Waals surface area contributed by atoms with Crippen LogP contribution in [0.15, 0.2) is 18.2 Å². The summed E-state index contributed by atoms with van der Waals surface area (Å²) in [6.45, 7) is 5.99. The van der Waals surface area contributed by atoms with Crippen molar-refractivity contribution < 1.29 is 4.79 Å². The van der Waals surface area contributed by atoms with Gasteiger partial charge in [-0.05, 0) is 42.4 Å². The summed E-state index contributed by atoms with van der Waals surface area (Å²) in [7, 11) is 0. The number of hydrogen-bond donors (Lipinski definition) is 2. The van der Waals surface area contributed by atoms with Gasteiger partial charge in [-0.1, -0.05) is 18.2 Å². The first-order chi connectivity index (χ1) is 10.8. The van der Waals surface area contributed by atoms with Crippen molar-refractivity contribution in [2.24, 2.45) is 0 Å². The highest BCUT2D eigenvalue weighted by Crippen LogP contribution is 2.22. The number of rotatable bonds is 5. The number of nitrogens with one attached hydrogen (secondary N) is 2. The minimum atomic E-state index is 0. The minimum absolute atomic E-state index is 0. The molecule has 2 N–H and O–H groups in total. The van der Waals surface area contributed by atoms with Gasteiger partial charge < -0.3 is 10.6 Å². The van der Waals surface area contributed by atoms with Gasteiger partial charge in [0.1, 0.15) is 0 Å². The van der Waals surface area contributed by atoms with E-state index in [0.717, 1.165) is 44.8 Å². The van der Waals surface area contributed by atoms with Gasteiger partial charge in [-0.2, -0.15) is 0 Å². The predicted molar refractivity (Wildman–Crippen MR) is 96.4 cm³/mol. The summed E-state index contributed by atoms with van der Waals surface area (Å²) in [5.41, 5.74) is 4.09. The number of benzene rings is 1. The number of carbonyl (C=O) groups is 1. The maximum atomic E-state index is 12.1. The van der Waals surface area contributed by atoms with Crippen LogP contribution in [0, 0.1) is 0 Å². The molecule has 1 aliphatic heterocycles. The van der Waals surface area contributed by atoms with E-state index in [-0.39, 0.29) is 18.3 Å². The fraction of sp³-hybridized carbons (Fsp3) is 0.611. The van der Waals surface area contributed by atoms with E-state index in [2.05, 4.69) is 33.7 Å². The molecule has 0 bridgehead atoms. The van der Waals surface area contributed by atoms with Crippen LogP contribution in [-0.2, 0) is 24.1 Å². The van der Waals surface area contributed by atoms with Crippen LogP contribution >= 0.6 is 12.4 Å². The molecule has 23 heavy (non-hydrogen) atoms. The van der Waals surface area contributed by atoms with Gasteiger partial charge in [0.15, 0.2) is 0 Å². The molecule has 1 amide bonds. The fourth-order valence-corrected chi connectivity index (χ4v) is 3.43. The molecule has 1 aromatic carbocycles. The van der Waals surface area contributed by atoms with Crippen molar-refractivity contribution in [3.8, 4) is 0 Å². The second-order valence-corrected chi connectivity index (χ2v) is 6.43. The molecule has 0 saturated carbocycles. The smallest absolute Gasteiger partial charge is 0.224 e. The van der Waals surface area contributed by atoms with E-state index in [9.17, 15) is 4.79 Å². The normalized spacial score (nSPS) is 17.9. The van der Waals surface area contributed by atoms with Crippen molar-refractivity contribution in [2.45, 2.75) is 32.1 Å². The Hall–Kier alpha value is -1.10. The summed E-state index contributed by atoms with van der Waals surface area (Å²) in [6, 6.07) is 6.59.